The molecule has 5 aromatic rings. The van der Waals surface area contributed by atoms with Gasteiger partial charge in [-0.05, 0) is 83.4 Å². The quantitative estimate of drug-likeness (QED) is 0.103. The zero-order valence-electron chi connectivity index (χ0n) is 35.1. The van der Waals surface area contributed by atoms with Crippen molar-refractivity contribution in [1.82, 2.24) is 40.0 Å². The van der Waals surface area contributed by atoms with E-state index in [1.807, 2.05) is 55.8 Å². The van der Waals surface area contributed by atoms with E-state index >= 15 is 0 Å². The van der Waals surface area contributed by atoms with E-state index in [1.54, 1.807) is 0 Å². The molecule has 0 bridgehead atoms. The molecule has 2 aliphatic carbocycles. The summed E-state index contributed by atoms with van der Waals surface area (Å²) in [5, 5.41) is 15.0. The van der Waals surface area contributed by atoms with Crippen molar-refractivity contribution in [3.05, 3.63) is 83.7 Å². The third kappa shape index (κ3) is 7.38. The third-order valence-electron chi connectivity index (χ3n) is 13.3. The second kappa shape index (κ2) is 15.5. The number of hydrogen-bond acceptors (Lipinski definition) is 7. The number of piperidine rings is 2. The van der Waals surface area contributed by atoms with Gasteiger partial charge in [-0.3, -0.25) is 14.5 Å². The van der Waals surface area contributed by atoms with Gasteiger partial charge >= 0.3 is 12.2 Å². The van der Waals surface area contributed by atoms with Gasteiger partial charge in [0.15, 0.2) is 0 Å². The Morgan fingerprint density at radius 1 is 0.787 bits per heavy atom. The van der Waals surface area contributed by atoms with Gasteiger partial charge in [0.1, 0.15) is 34.6 Å². The smallest absolute Gasteiger partial charge is 0.407 e. The number of rotatable bonds is 11. The second-order valence-electron chi connectivity index (χ2n) is 17.9. The maximum absolute atomic E-state index is 13.9. The third-order valence-corrected chi connectivity index (χ3v) is 13.5. The van der Waals surface area contributed by atoms with Crippen LogP contribution in [0.25, 0.3) is 44.4 Å². The fourth-order valence-electron chi connectivity index (χ4n) is 9.85. The first-order valence-corrected chi connectivity index (χ1v) is 21.5. The van der Waals surface area contributed by atoms with Crippen LogP contribution in [0.15, 0.2) is 66.9 Å². The van der Waals surface area contributed by atoms with Crippen molar-refractivity contribution >= 4 is 46.4 Å². The Morgan fingerprint density at radius 2 is 1.36 bits per heavy atom. The predicted octanol–water partition coefficient (Wildman–Crippen LogP) is 8.28. The van der Waals surface area contributed by atoms with E-state index in [2.05, 4.69) is 63.8 Å². The summed E-state index contributed by atoms with van der Waals surface area (Å²) in [4.78, 5) is 73.0. The number of ether oxygens (including phenoxy) is 1. The average molecular weight is 847 g/mol. The lowest BCUT2D eigenvalue weighted by Gasteiger charge is -2.35. The lowest BCUT2D eigenvalue weighted by Crippen LogP contribution is -2.52. The minimum atomic E-state index is -1.12. The number of methoxy groups -OCH3 is 1. The highest BCUT2D eigenvalue weighted by Crippen LogP contribution is 2.55. The molecular formula is C46H51ClN8O6. The summed E-state index contributed by atoms with van der Waals surface area (Å²) in [5.74, 6) is 1.57. The summed E-state index contributed by atoms with van der Waals surface area (Å²) >= 11 is 6.78. The number of aromatic nitrogens is 4. The van der Waals surface area contributed by atoms with Crippen molar-refractivity contribution in [3.63, 3.8) is 0 Å². The molecular weight excluding hydrogens is 796 g/mol. The van der Waals surface area contributed by atoms with E-state index in [4.69, 9.17) is 26.3 Å². The number of carboxylic acid groups (broad SMARTS) is 1. The number of nitrogens with one attached hydrogen (secondary N) is 3. The van der Waals surface area contributed by atoms with E-state index in [9.17, 15) is 24.3 Å². The molecule has 2 aromatic heterocycles. The van der Waals surface area contributed by atoms with Crippen LogP contribution in [0.5, 0.6) is 0 Å². The number of hydrogen-bond donors (Lipinski definition) is 4. The number of carbonyl (C=O) groups excluding carboxylic acids is 3. The second-order valence-corrected chi connectivity index (χ2v) is 18.3. The average Bonchev–Trinajstić information content (AvgIpc) is 3.88. The van der Waals surface area contributed by atoms with Gasteiger partial charge in [-0.2, -0.15) is 0 Å². The summed E-state index contributed by atoms with van der Waals surface area (Å²) in [6.45, 7) is 7.57. The molecule has 4 aliphatic rings. The van der Waals surface area contributed by atoms with Crippen LogP contribution >= 0.6 is 11.6 Å². The highest BCUT2D eigenvalue weighted by atomic mass is 35.5. The first-order chi connectivity index (χ1) is 29.2. The van der Waals surface area contributed by atoms with Gasteiger partial charge in [-0.1, -0.05) is 87.8 Å². The van der Waals surface area contributed by atoms with Gasteiger partial charge in [0.25, 0.3) is 0 Å². The zero-order valence-corrected chi connectivity index (χ0v) is 35.8. The highest BCUT2D eigenvalue weighted by molar-refractivity contribution is 6.32. The minimum absolute atomic E-state index is 0.119. The standard InChI is InChI=1S/C46H51ClN8O6/c1-22(2)37(51-45(58)61-6)43(56)54-33-17-31(33)20-36(54)42-50-38(40(47)52-42)25-9-7-24(8-10-25)26-11-12-28-16-29(14-13-27(28)15-26)32-21-48-41(49-32)35-19-30-18-34(30)55(35)44(57)39(23(3)4)53(5)46(59)60/h7-16,21-23,30-31,33-37,39H,17-20H2,1-6H3,(H,48,49)(H,50,52)(H,51,58)(H,59,60)/t30-,31+,33-,34-,35+,36+,37+,39+/m1/s1. The molecule has 4 N–H and O–H groups in total. The molecule has 0 spiro atoms. The van der Waals surface area contributed by atoms with Crippen molar-refractivity contribution < 1.29 is 29.0 Å². The Hall–Kier alpha value is -5.89. The Balaban J connectivity index is 0.898. The van der Waals surface area contributed by atoms with E-state index in [-0.39, 0.29) is 47.8 Å². The number of amides is 4. The van der Waals surface area contributed by atoms with Crippen LogP contribution in [-0.4, -0.2) is 102 Å². The fraction of sp³-hybridized carbons (Fsp3) is 0.435. The van der Waals surface area contributed by atoms with Crippen LogP contribution in [-0.2, 0) is 14.3 Å². The monoisotopic (exact) mass is 846 g/mol. The Bertz CT molecular complexity index is 2530. The number of imidazole rings is 2. The normalized spacial score (nSPS) is 23.5. The molecule has 0 radical (unpaired) electrons. The maximum Gasteiger partial charge on any atom is 0.407 e. The summed E-state index contributed by atoms with van der Waals surface area (Å²) in [6.07, 6.45) is 3.54. The summed E-state index contributed by atoms with van der Waals surface area (Å²) in [6, 6.07) is 19.0. The van der Waals surface area contributed by atoms with Crippen LogP contribution in [0.3, 0.4) is 0 Å². The number of likely N-dealkylation sites (N-methyl/N-ethyl adjacent to an activating group) is 1. The van der Waals surface area contributed by atoms with Gasteiger partial charge in [0.2, 0.25) is 11.8 Å². The molecule has 14 nitrogen and oxygen atoms in total. The Kier molecular flexibility index (Phi) is 10.3. The number of carbonyl (C=O) groups is 4. The molecule has 4 fully saturated rings. The van der Waals surface area contributed by atoms with Crippen LogP contribution in [0.2, 0.25) is 5.15 Å². The summed E-state index contributed by atoms with van der Waals surface area (Å²) in [5.41, 5.74) is 5.39. The molecule has 318 valence electrons. The van der Waals surface area contributed by atoms with Crippen molar-refractivity contribution in [2.24, 2.45) is 23.7 Å². The number of alkyl carbamates (subject to hydrolysis) is 1. The van der Waals surface area contributed by atoms with Crippen LogP contribution < -0.4 is 5.32 Å². The predicted molar refractivity (Wildman–Crippen MR) is 230 cm³/mol. The SMILES string of the molecule is COC(=O)N[C@H](C(=O)N1[C@@H]2C[C@H]2C[C@H]1c1nc(-c2ccc(-c3ccc4cc(-c5cnc([C@@H]6C[C@H]7C[C@H]7N6C(=O)[C@H](C(C)C)N(C)C(=O)O)[nH]5)ccc4c3)cc2)c(Cl)[nH]1)C(C)C. The summed E-state index contributed by atoms with van der Waals surface area (Å²) in [7, 11) is 2.76. The van der Waals surface area contributed by atoms with Crippen molar-refractivity contribution in [3.8, 4) is 33.6 Å². The van der Waals surface area contributed by atoms with Crippen molar-refractivity contribution in [2.75, 3.05) is 14.2 Å². The highest BCUT2D eigenvalue weighted by Gasteiger charge is 2.57. The number of fused-ring (bicyclic) bond motifs is 3. The molecule has 4 amide bonds. The fourth-order valence-corrected chi connectivity index (χ4v) is 10.1. The molecule has 4 heterocycles. The molecule has 15 heteroatoms. The molecule has 8 atom stereocenters. The molecule has 0 unspecified atom stereocenters. The number of H-pyrrole nitrogens is 2. The van der Waals surface area contributed by atoms with Crippen LogP contribution in [0.1, 0.15) is 77.1 Å². The first-order valence-electron chi connectivity index (χ1n) is 21.1. The lowest BCUT2D eigenvalue weighted by atomic mass is 9.98. The first kappa shape index (κ1) is 40.5. The maximum atomic E-state index is 13.9. The van der Waals surface area contributed by atoms with Gasteiger partial charge in [0, 0.05) is 30.3 Å². The molecule has 61 heavy (non-hydrogen) atoms. The van der Waals surface area contributed by atoms with Gasteiger partial charge in [-0.15, -0.1) is 0 Å². The molecule has 2 aliphatic heterocycles. The van der Waals surface area contributed by atoms with Crippen LogP contribution in [0, 0.1) is 23.7 Å². The van der Waals surface area contributed by atoms with Gasteiger partial charge < -0.3 is 34.9 Å². The van der Waals surface area contributed by atoms with Crippen LogP contribution in [0.4, 0.5) is 9.59 Å². The molecule has 9 rings (SSSR count). The molecule has 3 aromatic carbocycles. The van der Waals surface area contributed by atoms with E-state index in [0.717, 1.165) is 75.1 Å². The van der Waals surface area contributed by atoms with E-state index < -0.39 is 24.3 Å². The lowest BCUT2D eigenvalue weighted by molar-refractivity contribution is -0.140. The van der Waals surface area contributed by atoms with Crippen molar-refractivity contribution in [1.29, 1.82) is 0 Å². The topological polar surface area (TPSA) is 177 Å². The number of likely N-dealkylation sites (tertiary alicyclic amines) is 2. The number of benzene rings is 3. The Morgan fingerprint density at radius 3 is 1.97 bits per heavy atom. The summed E-state index contributed by atoms with van der Waals surface area (Å²) < 4.78 is 4.80. The zero-order chi connectivity index (χ0) is 43.0. The Labute approximate surface area is 359 Å². The van der Waals surface area contributed by atoms with Gasteiger partial charge in [-0.25, -0.2) is 19.6 Å². The largest absolute Gasteiger partial charge is 0.465 e. The number of halogens is 1. The number of nitrogens with zero attached hydrogens (tertiary/aromatic N) is 5. The van der Waals surface area contributed by atoms with E-state index in [0.29, 0.717) is 28.5 Å². The van der Waals surface area contributed by atoms with Crippen molar-refractivity contribution in [2.45, 2.75) is 89.6 Å². The number of aromatic amines is 2. The van der Waals surface area contributed by atoms with E-state index in [1.165, 1.54) is 14.2 Å². The molecule has 2 saturated carbocycles. The molecule has 2 saturated heterocycles. The van der Waals surface area contributed by atoms with Gasteiger partial charge in [0.05, 0.1) is 31.1 Å². The minimum Gasteiger partial charge on any atom is -0.465 e.